The summed E-state index contributed by atoms with van der Waals surface area (Å²) in [4.78, 5) is 33.8. The topological polar surface area (TPSA) is 65.5 Å². The molecule has 2 amide bonds. The number of nitrogens with one attached hydrogen (secondary N) is 1. The SMILES string of the molecule is Cc1cc(C)c(-c2csc(NC(=O)CN3CCC(CC(=O)N4CCCC4)CC3)n2)cc1C. The maximum absolute atomic E-state index is 12.6. The standard InChI is InChI=1S/C25H34N4O2S/c1-17-12-19(3)21(13-18(17)2)22-16-32-25(26-22)27-23(30)15-28-10-6-20(7-11-28)14-24(31)29-8-4-5-9-29/h12-13,16,20H,4-11,14-15H2,1-3H3,(H,26,27,30). The minimum absolute atomic E-state index is 0.0192. The van der Waals surface area contributed by atoms with Gasteiger partial charge in [-0.25, -0.2) is 4.98 Å². The number of anilines is 1. The monoisotopic (exact) mass is 454 g/mol. The summed E-state index contributed by atoms with van der Waals surface area (Å²) in [6.07, 6.45) is 4.93. The molecular weight excluding hydrogens is 420 g/mol. The van der Waals surface area contributed by atoms with Gasteiger partial charge in [0.25, 0.3) is 0 Å². The van der Waals surface area contributed by atoms with Crippen molar-refractivity contribution >= 4 is 28.3 Å². The van der Waals surface area contributed by atoms with E-state index in [1.807, 2.05) is 10.3 Å². The van der Waals surface area contributed by atoms with E-state index in [0.717, 1.165) is 63.1 Å². The predicted molar refractivity (Wildman–Crippen MR) is 130 cm³/mol. The Kier molecular flexibility index (Phi) is 7.26. The molecule has 0 atom stereocenters. The molecular formula is C25H34N4O2S. The van der Waals surface area contributed by atoms with Crippen LogP contribution in [-0.2, 0) is 9.59 Å². The van der Waals surface area contributed by atoms with E-state index in [1.165, 1.54) is 28.0 Å². The summed E-state index contributed by atoms with van der Waals surface area (Å²) in [5, 5.41) is 5.63. The molecule has 2 aromatic rings. The van der Waals surface area contributed by atoms with E-state index in [4.69, 9.17) is 0 Å². The molecule has 1 aromatic carbocycles. The highest BCUT2D eigenvalue weighted by Gasteiger charge is 2.26. The second-order valence-corrected chi connectivity index (χ2v) is 10.2. The number of hydrogen-bond donors (Lipinski definition) is 1. The molecule has 0 saturated carbocycles. The minimum atomic E-state index is -0.0192. The molecule has 1 N–H and O–H groups in total. The lowest BCUT2D eigenvalue weighted by Gasteiger charge is -2.31. The third-order valence-corrected chi connectivity index (χ3v) is 7.62. The number of benzene rings is 1. The van der Waals surface area contributed by atoms with Crippen LogP contribution in [0.4, 0.5) is 5.13 Å². The fraction of sp³-hybridized carbons (Fsp3) is 0.560. The summed E-state index contributed by atoms with van der Waals surface area (Å²) in [6, 6.07) is 4.36. The summed E-state index contributed by atoms with van der Waals surface area (Å²) in [5.41, 5.74) is 5.75. The fourth-order valence-electron chi connectivity index (χ4n) is 4.74. The molecule has 2 aliphatic heterocycles. The lowest BCUT2D eigenvalue weighted by atomic mass is 9.93. The van der Waals surface area contributed by atoms with E-state index >= 15 is 0 Å². The number of rotatable bonds is 6. The van der Waals surface area contributed by atoms with E-state index in [2.05, 4.69) is 48.1 Å². The number of nitrogens with zero attached hydrogens (tertiary/aromatic N) is 3. The molecule has 6 nitrogen and oxygen atoms in total. The Morgan fingerprint density at radius 3 is 2.44 bits per heavy atom. The van der Waals surface area contributed by atoms with Gasteiger partial charge in [-0.2, -0.15) is 0 Å². The maximum atomic E-state index is 12.6. The molecule has 2 fully saturated rings. The van der Waals surface area contributed by atoms with Crippen molar-refractivity contribution in [3.05, 3.63) is 34.2 Å². The van der Waals surface area contributed by atoms with Crippen LogP contribution in [-0.4, -0.2) is 59.3 Å². The average Bonchev–Trinajstić information content (AvgIpc) is 3.44. The van der Waals surface area contributed by atoms with Crippen LogP contribution < -0.4 is 5.32 Å². The Bertz CT molecular complexity index is 972. The fourth-order valence-corrected chi connectivity index (χ4v) is 5.47. The second-order valence-electron chi connectivity index (χ2n) is 9.35. The van der Waals surface area contributed by atoms with Gasteiger partial charge in [0.15, 0.2) is 5.13 Å². The molecule has 2 saturated heterocycles. The number of aryl methyl sites for hydroxylation is 3. The van der Waals surface area contributed by atoms with E-state index < -0.39 is 0 Å². The van der Waals surface area contributed by atoms with Gasteiger partial charge in [-0.05, 0) is 88.2 Å². The Balaban J connectivity index is 1.24. The Morgan fingerprint density at radius 2 is 1.72 bits per heavy atom. The van der Waals surface area contributed by atoms with Crippen molar-refractivity contribution in [2.75, 3.05) is 38.0 Å². The van der Waals surface area contributed by atoms with Crippen LogP contribution in [0.1, 0.15) is 48.8 Å². The highest BCUT2D eigenvalue weighted by atomic mass is 32.1. The van der Waals surface area contributed by atoms with Crippen molar-refractivity contribution in [2.45, 2.75) is 52.9 Å². The van der Waals surface area contributed by atoms with Crippen LogP contribution in [0.15, 0.2) is 17.5 Å². The zero-order chi connectivity index (χ0) is 22.7. The normalized spacial score (nSPS) is 17.7. The molecule has 7 heteroatoms. The van der Waals surface area contributed by atoms with Crippen molar-refractivity contribution in [2.24, 2.45) is 5.92 Å². The van der Waals surface area contributed by atoms with Gasteiger partial charge in [0.2, 0.25) is 11.8 Å². The lowest BCUT2D eigenvalue weighted by Crippen LogP contribution is -2.40. The van der Waals surface area contributed by atoms with Crippen molar-refractivity contribution in [1.82, 2.24) is 14.8 Å². The van der Waals surface area contributed by atoms with Gasteiger partial charge in [-0.15, -0.1) is 11.3 Å². The summed E-state index contributed by atoms with van der Waals surface area (Å²) in [6.45, 7) is 10.3. The van der Waals surface area contributed by atoms with E-state index in [1.54, 1.807) is 0 Å². The van der Waals surface area contributed by atoms with Gasteiger partial charge in [0, 0.05) is 30.5 Å². The van der Waals surface area contributed by atoms with Crippen LogP contribution in [0.25, 0.3) is 11.3 Å². The zero-order valence-electron chi connectivity index (χ0n) is 19.4. The number of carbonyl (C=O) groups is 2. The molecule has 32 heavy (non-hydrogen) atoms. The van der Waals surface area contributed by atoms with E-state index in [-0.39, 0.29) is 5.91 Å². The first-order valence-electron chi connectivity index (χ1n) is 11.7. The molecule has 2 aliphatic rings. The number of thiazole rings is 1. The molecule has 0 aliphatic carbocycles. The molecule has 0 spiro atoms. The van der Waals surface area contributed by atoms with Crippen LogP contribution in [0.2, 0.25) is 0 Å². The second kappa shape index (κ2) is 10.1. The molecule has 0 radical (unpaired) electrons. The van der Waals surface area contributed by atoms with Crippen molar-refractivity contribution in [3.63, 3.8) is 0 Å². The third-order valence-electron chi connectivity index (χ3n) is 6.86. The Hall–Kier alpha value is -2.25. The number of amides is 2. The van der Waals surface area contributed by atoms with Crippen LogP contribution >= 0.6 is 11.3 Å². The maximum Gasteiger partial charge on any atom is 0.240 e. The number of piperidine rings is 1. The van der Waals surface area contributed by atoms with Crippen LogP contribution in [0.3, 0.4) is 0 Å². The number of carbonyl (C=O) groups excluding carboxylic acids is 2. The smallest absolute Gasteiger partial charge is 0.240 e. The molecule has 0 bridgehead atoms. The van der Waals surface area contributed by atoms with Gasteiger partial charge in [-0.1, -0.05) is 6.07 Å². The van der Waals surface area contributed by atoms with Gasteiger partial charge in [0.1, 0.15) is 0 Å². The highest BCUT2D eigenvalue weighted by Crippen LogP contribution is 2.29. The minimum Gasteiger partial charge on any atom is -0.343 e. The van der Waals surface area contributed by atoms with E-state index in [9.17, 15) is 9.59 Å². The van der Waals surface area contributed by atoms with Crippen LogP contribution in [0.5, 0.6) is 0 Å². The summed E-state index contributed by atoms with van der Waals surface area (Å²) in [7, 11) is 0. The zero-order valence-corrected chi connectivity index (χ0v) is 20.3. The first kappa shape index (κ1) is 22.9. The quantitative estimate of drug-likeness (QED) is 0.703. The molecule has 3 heterocycles. The third kappa shape index (κ3) is 5.56. The Labute approximate surface area is 195 Å². The highest BCUT2D eigenvalue weighted by molar-refractivity contribution is 7.14. The van der Waals surface area contributed by atoms with Crippen molar-refractivity contribution < 1.29 is 9.59 Å². The molecule has 172 valence electrons. The molecule has 0 unspecified atom stereocenters. The van der Waals surface area contributed by atoms with Crippen molar-refractivity contribution in [1.29, 1.82) is 0 Å². The number of likely N-dealkylation sites (tertiary alicyclic amines) is 2. The van der Waals surface area contributed by atoms with Crippen molar-refractivity contribution in [3.8, 4) is 11.3 Å². The summed E-state index contributed by atoms with van der Waals surface area (Å²) < 4.78 is 0. The number of aromatic nitrogens is 1. The summed E-state index contributed by atoms with van der Waals surface area (Å²) in [5.74, 6) is 0.747. The molecule has 1 aromatic heterocycles. The van der Waals surface area contributed by atoms with E-state index in [0.29, 0.717) is 29.9 Å². The predicted octanol–water partition coefficient (Wildman–Crippen LogP) is 4.40. The average molecular weight is 455 g/mol. The van der Waals surface area contributed by atoms with Gasteiger partial charge in [0.05, 0.1) is 12.2 Å². The first-order valence-corrected chi connectivity index (χ1v) is 12.6. The largest absolute Gasteiger partial charge is 0.343 e. The molecule has 4 rings (SSSR count). The van der Waals surface area contributed by atoms with Crippen LogP contribution in [0, 0.1) is 26.7 Å². The van der Waals surface area contributed by atoms with Gasteiger partial charge >= 0.3 is 0 Å². The van der Waals surface area contributed by atoms with Gasteiger partial charge < -0.3 is 10.2 Å². The Morgan fingerprint density at radius 1 is 1.03 bits per heavy atom. The van der Waals surface area contributed by atoms with Gasteiger partial charge in [-0.3, -0.25) is 14.5 Å². The summed E-state index contributed by atoms with van der Waals surface area (Å²) >= 11 is 1.47. The number of hydrogen-bond acceptors (Lipinski definition) is 5. The lowest BCUT2D eigenvalue weighted by molar-refractivity contribution is -0.131. The first-order chi connectivity index (χ1) is 15.4.